The number of benzene rings is 1. The molecule has 0 unspecified atom stereocenters. The highest BCUT2D eigenvalue weighted by Gasteiger charge is 2.33. The highest BCUT2D eigenvalue weighted by molar-refractivity contribution is 6.00. The second-order valence-electron chi connectivity index (χ2n) is 6.31. The van der Waals surface area contributed by atoms with Gasteiger partial charge in [-0.05, 0) is 12.8 Å². The fourth-order valence-corrected chi connectivity index (χ4v) is 3.36. The summed E-state index contributed by atoms with van der Waals surface area (Å²) in [6.07, 6.45) is 7.37. The Hall–Kier alpha value is -2.51. The molecular weight excluding hydrogens is 340 g/mol. The minimum absolute atomic E-state index is 0.0153. The summed E-state index contributed by atoms with van der Waals surface area (Å²) in [6.45, 7) is 0. The standard InChI is InChI=1S/C18H26N2O6/c1-24-14-11-13(15(20(22)23)17(26-3)16(14)25-2)18(21)19-12-9-7-5-4-6-8-10-12/h11-12H,4-10H2,1-3H3,(H,19,21). The number of hydrogen-bond acceptors (Lipinski definition) is 6. The predicted molar refractivity (Wildman–Crippen MR) is 96.3 cm³/mol. The van der Waals surface area contributed by atoms with Gasteiger partial charge in [-0.2, -0.15) is 0 Å². The molecule has 1 fully saturated rings. The van der Waals surface area contributed by atoms with Gasteiger partial charge in [-0.3, -0.25) is 14.9 Å². The quantitative estimate of drug-likeness (QED) is 0.611. The van der Waals surface area contributed by atoms with Crippen LogP contribution in [0.3, 0.4) is 0 Å². The fraction of sp³-hybridized carbons (Fsp3) is 0.611. The van der Waals surface area contributed by atoms with Gasteiger partial charge in [-0.1, -0.05) is 32.1 Å². The molecule has 0 atom stereocenters. The van der Waals surface area contributed by atoms with Crippen molar-refractivity contribution in [2.45, 2.75) is 51.0 Å². The van der Waals surface area contributed by atoms with Crippen molar-refractivity contribution in [2.24, 2.45) is 0 Å². The SMILES string of the molecule is COc1cc(C(=O)NC2CCCCCCC2)c([N+](=O)[O-])c(OC)c1OC. The molecule has 26 heavy (non-hydrogen) atoms. The molecule has 1 N–H and O–H groups in total. The molecule has 144 valence electrons. The molecular formula is C18H26N2O6. The van der Waals surface area contributed by atoms with Gasteiger partial charge in [0, 0.05) is 12.1 Å². The number of nitrogens with zero attached hydrogens (tertiary/aromatic N) is 1. The van der Waals surface area contributed by atoms with Crippen molar-refractivity contribution < 1.29 is 23.9 Å². The van der Waals surface area contributed by atoms with Crippen LogP contribution in [-0.4, -0.2) is 38.2 Å². The third-order valence-electron chi connectivity index (χ3n) is 4.67. The van der Waals surface area contributed by atoms with Gasteiger partial charge in [-0.25, -0.2) is 0 Å². The van der Waals surface area contributed by atoms with Gasteiger partial charge in [0.05, 0.1) is 26.3 Å². The van der Waals surface area contributed by atoms with Gasteiger partial charge in [0.1, 0.15) is 5.56 Å². The number of nitro benzene ring substituents is 1. The molecule has 1 aromatic carbocycles. The van der Waals surface area contributed by atoms with Crippen LogP contribution in [0.4, 0.5) is 5.69 Å². The molecule has 8 nitrogen and oxygen atoms in total. The van der Waals surface area contributed by atoms with E-state index in [9.17, 15) is 14.9 Å². The van der Waals surface area contributed by atoms with Crippen LogP contribution < -0.4 is 19.5 Å². The van der Waals surface area contributed by atoms with Crippen molar-refractivity contribution in [3.05, 3.63) is 21.7 Å². The molecule has 1 aliphatic carbocycles. The molecule has 1 amide bonds. The highest BCUT2D eigenvalue weighted by atomic mass is 16.6. The molecule has 0 aliphatic heterocycles. The van der Waals surface area contributed by atoms with E-state index in [1.54, 1.807) is 0 Å². The summed E-state index contributed by atoms with van der Waals surface area (Å²) in [5.41, 5.74) is -0.514. The van der Waals surface area contributed by atoms with Crippen molar-refractivity contribution in [2.75, 3.05) is 21.3 Å². The van der Waals surface area contributed by atoms with Gasteiger partial charge < -0.3 is 19.5 Å². The van der Waals surface area contributed by atoms with E-state index in [0.29, 0.717) is 0 Å². The Kier molecular flexibility index (Phi) is 7.06. The third kappa shape index (κ3) is 4.36. The molecule has 8 heteroatoms. The van der Waals surface area contributed by atoms with Crippen molar-refractivity contribution >= 4 is 11.6 Å². The Labute approximate surface area is 153 Å². The lowest BCUT2D eigenvalue weighted by atomic mass is 9.96. The lowest BCUT2D eigenvalue weighted by molar-refractivity contribution is -0.386. The zero-order valence-electron chi connectivity index (χ0n) is 15.5. The predicted octanol–water partition coefficient (Wildman–Crippen LogP) is 3.46. The topological polar surface area (TPSA) is 99.9 Å². The number of carbonyl (C=O) groups is 1. The van der Waals surface area contributed by atoms with Crippen LogP contribution >= 0.6 is 0 Å². The Bertz CT molecular complexity index is 654. The van der Waals surface area contributed by atoms with E-state index < -0.39 is 16.5 Å². The summed E-state index contributed by atoms with van der Waals surface area (Å²) in [7, 11) is 4.05. The Morgan fingerprint density at radius 1 is 1.04 bits per heavy atom. The summed E-state index contributed by atoms with van der Waals surface area (Å²) >= 11 is 0. The van der Waals surface area contributed by atoms with E-state index in [-0.39, 0.29) is 28.9 Å². The van der Waals surface area contributed by atoms with E-state index in [1.807, 2.05) is 0 Å². The monoisotopic (exact) mass is 366 g/mol. The third-order valence-corrected chi connectivity index (χ3v) is 4.67. The molecule has 0 aromatic heterocycles. The summed E-state index contributed by atoms with van der Waals surface area (Å²) in [5, 5.41) is 14.6. The fourth-order valence-electron chi connectivity index (χ4n) is 3.36. The second-order valence-corrected chi connectivity index (χ2v) is 6.31. The molecule has 0 saturated heterocycles. The number of methoxy groups -OCH3 is 3. The van der Waals surface area contributed by atoms with E-state index in [1.165, 1.54) is 33.8 Å². The molecule has 0 spiro atoms. The lowest BCUT2D eigenvalue weighted by Crippen LogP contribution is -2.35. The van der Waals surface area contributed by atoms with E-state index >= 15 is 0 Å². The van der Waals surface area contributed by atoms with E-state index in [0.717, 1.165) is 38.5 Å². The Morgan fingerprint density at radius 3 is 2.12 bits per heavy atom. The first kappa shape index (κ1) is 19.8. The first-order chi connectivity index (χ1) is 12.5. The summed E-state index contributed by atoms with van der Waals surface area (Å²) in [5.74, 6) is -0.330. The molecule has 1 aliphatic rings. The Balaban J connectivity index is 2.39. The number of nitro groups is 1. The minimum Gasteiger partial charge on any atom is -0.493 e. The average molecular weight is 366 g/mol. The van der Waals surface area contributed by atoms with Crippen LogP contribution in [0.25, 0.3) is 0 Å². The molecule has 1 aromatic rings. The minimum atomic E-state index is -0.631. The number of amides is 1. The van der Waals surface area contributed by atoms with Crippen LogP contribution in [0.15, 0.2) is 6.07 Å². The van der Waals surface area contributed by atoms with Crippen molar-refractivity contribution in [3.63, 3.8) is 0 Å². The van der Waals surface area contributed by atoms with Crippen molar-refractivity contribution in [1.29, 1.82) is 0 Å². The number of carbonyl (C=O) groups excluding carboxylic acids is 1. The largest absolute Gasteiger partial charge is 0.493 e. The second kappa shape index (κ2) is 9.26. The first-order valence-corrected chi connectivity index (χ1v) is 8.81. The van der Waals surface area contributed by atoms with E-state index in [4.69, 9.17) is 14.2 Å². The van der Waals surface area contributed by atoms with Gasteiger partial charge in [0.2, 0.25) is 11.5 Å². The summed E-state index contributed by atoms with van der Waals surface area (Å²) in [4.78, 5) is 23.8. The first-order valence-electron chi connectivity index (χ1n) is 8.81. The lowest BCUT2D eigenvalue weighted by Gasteiger charge is -2.21. The molecule has 2 rings (SSSR count). The Morgan fingerprint density at radius 2 is 1.62 bits per heavy atom. The van der Waals surface area contributed by atoms with Crippen LogP contribution in [-0.2, 0) is 0 Å². The number of hydrogen-bond donors (Lipinski definition) is 1. The average Bonchev–Trinajstić information content (AvgIpc) is 2.61. The van der Waals surface area contributed by atoms with Gasteiger partial charge in [-0.15, -0.1) is 0 Å². The zero-order valence-corrected chi connectivity index (χ0v) is 15.5. The van der Waals surface area contributed by atoms with Crippen molar-refractivity contribution in [3.8, 4) is 17.2 Å². The number of rotatable bonds is 6. The smallest absolute Gasteiger partial charge is 0.327 e. The maximum atomic E-state index is 12.8. The molecule has 1 saturated carbocycles. The van der Waals surface area contributed by atoms with E-state index in [2.05, 4.69) is 5.32 Å². The van der Waals surface area contributed by atoms with Gasteiger partial charge in [0.25, 0.3) is 5.91 Å². The molecule has 0 bridgehead atoms. The van der Waals surface area contributed by atoms with Crippen LogP contribution in [0.5, 0.6) is 17.2 Å². The van der Waals surface area contributed by atoms with Gasteiger partial charge in [0.15, 0.2) is 5.75 Å². The maximum absolute atomic E-state index is 12.8. The summed E-state index contributed by atoms with van der Waals surface area (Å²) < 4.78 is 15.6. The van der Waals surface area contributed by atoms with Crippen molar-refractivity contribution in [1.82, 2.24) is 5.32 Å². The van der Waals surface area contributed by atoms with Gasteiger partial charge >= 0.3 is 5.69 Å². The van der Waals surface area contributed by atoms with Crippen LogP contribution in [0.2, 0.25) is 0 Å². The maximum Gasteiger partial charge on any atom is 0.327 e. The zero-order chi connectivity index (χ0) is 19.1. The molecule has 0 radical (unpaired) electrons. The van der Waals surface area contributed by atoms with Crippen LogP contribution in [0.1, 0.15) is 55.3 Å². The number of ether oxygens (including phenoxy) is 3. The molecule has 0 heterocycles. The highest BCUT2D eigenvalue weighted by Crippen LogP contribution is 2.46. The van der Waals surface area contributed by atoms with Crippen LogP contribution in [0, 0.1) is 10.1 Å². The normalized spacial score (nSPS) is 15.5. The number of nitrogens with one attached hydrogen (secondary N) is 1. The summed E-state index contributed by atoms with van der Waals surface area (Å²) in [6, 6.07) is 1.35.